The van der Waals surface area contributed by atoms with Crippen molar-refractivity contribution in [3.63, 3.8) is 0 Å². The van der Waals surface area contributed by atoms with Gasteiger partial charge in [-0.15, -0.1) is 0 Å². The Morgan fingerprint density at radius 1 is 1.50 bits per heavy atom. The molecule has 0 saturated heterocycles. The maximum atomic E-state index is 11.4. The number of aliphatic hydroxyl groups is 2. The molecule has 1 rings (SSSR count). The lowest BCUT2D eigenvalue weighted by Crippen LogP contribution is -2.38. The number of carbonyl (C=O) groups is 1. The van der Waals surface area contributed by atoms with Gasteiger partial charge in [0.05, 0.1) is 0 Å². The summed E-state index contributed by atoms with van der Waals surface area (Å²) >= 11 is 5.70. The monoisotopic (exact) mass is 302 g/mol. The molecule has 0 fully saturated rings. The zero-order chi connectivity index (χ0) is 15.3. The first-order valence-corrected chi connectivity index (χ1v) is 6.51. The molecule has 1 heterocycles. The van der Waals surface area contributed by atoms with Gasteiger partial charge < -0.3 is 20.3 Å². The maximum absolute atomic E-state index is 11.4. The fourth-order valence-electron chi connectivity index (χ4n) is 1.44. The molecule has 1 amide bonds. The fourth-order valence-corrected chi connectivity index (χ4v) is 1.62. The highest BCUT2D eigenvalue weighted by Gasteiger charge is 2.21. The van der Waals surface area contributed by atoms with Crippen molar-refractivity contribution in [2.24, 2.45) is 0 Å². The summed E-state index contributed by atoms with van der Waals surface area (Å²) in [5.74, 6) is 0. The number of ether oxygens (including phenoxy) is 1. The summed E-state index contributed by atoms with van der Waals surface area (Å²) in [5, 5.41) is 22.4. The topological polar surface area (TPSA) is 91.7 Å². The third kappa shape index (κ3) is 5.73. The van der Waals surface area contributed by atoms with Gasteiger partial charge in [0.25, 0.3) is 0 Å². The van der Waals surface area contributed by atoms with E-state index in [-0.39, 0.29) is 11.7 Å². The summed E-state index contributed by atoms with van der Waals surface area (Å²) < 4.78 is 5.02. The van der Waals surface area contributed by atoms with Crippen LogP contribution in [0.1, 0.15) is 32.4 Å². The lowest BCUT2D eigenvalue weighted by atomic mass is 10.1. The van der Waals surface area contributed by atoms with Gasteiger partial charge in [0.1, 0.15) is 23.0 Å². The molecular formula is C13H19ClN2O4. The van der Waals surface area contributed by atoms with Gasteiger partial charge in [-0.3, -0.25) is 0 Å². The smallest absolute Gasteiger partial charge is 0.407 e. The summed E-state index contributed by atoms with van der Waals surface area (Å²) in [6.07, 6.45) is -1.59. The molecule has 0 aliphatic heterocycles. The summed E-state index contributed by atoms with van der Waals surface area (Å²) in [4.78, 5) is 15.2. The fraction of sp³-hybridized carbons (Fsp3) is 0.538. The molecule has 0 saturated carbocycles. The molecule has 0 radical (unpaired) electrons. The van der Waals surface area contributed by atoms with E-state index >= 15 is 0 Å². The van der Waals surface area contributed by atoms with E-state index in [1.807, 2.05) is 0 Å². The first-order chi connectivity index (χ1) is 9.19. The number of hydrogen-bond donors (Lipinski definition) is 3. The van der Waals surface area contributed by atoms with Gasteiger partial charge in [0.15, 0.2) is 0 Å². The molecule has 20 heavy (non-hydrogen) atoms. The number of aliphatic hydroxyl groups excluding tert-OH is 2. The molecule has 0 aliphatic carbocycles. The van der Waals surface area contributed by atoms with Crippen LogP contribution < -0.4 is 5.32 Å². The third-order valence-corrected chi connectivity index (χ3v) is 2.52. The molecule has 2 atom stereocenters. The number of nitrogens with one attached hydrogen (secondary N) is 1. The Labute approximate surface area is 122 Å². The second kappa shape index (κ2) is 6.88. The third-order valence-electron chi connectivity index (χ3n) is 2.31. The highest BCUT2D eigenvalue weighted by molar-refractivity contribution is 6.29. The van der Waals surface area contributed by atoms with E-state index in [1.165, 1.54) is 18.3 Å². The number of pyridine rings is 1. The molecular weight excluding hydrogens is 284 g/mol. The van der Waals surface area contributed by atoms with E-state index in [0.717, 1.165) is 0 Å². The summed E-state index contributed by atoms with van der Waals surface area (Å²) in [7, 11) is 0. The number of rotatable bonds is 4. The minimum Gasteiger partial charge on any atom is -0.444 e. The highest BCUT2D eigenvalue weighted by atomic mass is 35.5. The first kappa shape index (κ1) is 16.7. The highest BCUT2D eigenvalue weighted by Crippen LogP contribution is 2.18. The van der Waals surface area contributed by atoms with Crippen molar-refractivity contribution >= 4 is 17.7 Å². The summed E-state index contributed by atoms with van der Waals surface area (Å²) in [6, 6.07) is 2.98. The van der Waals surface area contributed by atoms with Crippen molar-refractivity contribution in [3.05, 3.63) is 29.0 Å². The van der Waals surface area contributed by atoms with Crippen molar-refractivity contribution in [2.75, 3.05) is 6.54 Å². The van der Waals surface area contributed by atoms with Crippen LogP contribution >= 0.6 is 11.6 Å². The van der Waals surface area contributed by atoms with Gasteiger partial charge in [-0.1, -0.05) is 11.6 Å². The van der Waals surface area contributed by atoms with Gasteiger partial charge in [0, 0.05) is 12.7 Å². The molecule has 1 aromatic rings. The summed E-state index contributed by atoms with van der Waals surface area (Å²) in [6.45, 7) is 5.06. The summed E-state index contributed by atoms with van der Waals surface area (Å²) in [5.41, 5.74) is -0.199. The second-order valence-corrected chi connectivity index (χ2v) is 5.69. The molecule has 6 nitrogen and oxygen atoms in total. The number of hydrogen-bond acceptors (Lipinski definition) is 5. The van der Waals surface area contributed by atoms with Crippen LogP contribution in [0.3, 0.4) is 0 Å². The van der Waals surface area contributed by atoms with Gasteiger partial charge in [-0.05, 0) is 38.5 Å². The SMILES string of the molecule is CC(C)(C)OC(=O)NCC(O)C(O)c1ccnc(Cl)c1. The van der Waals surface area contributed by atoms with Crippen molar-refractivity contribution in [3.8, 4) is 0 Å². The molecule has 0 aromatic carbocycles. The van der Waals surface area contributed by atoms with E-state index in [2.05, 4.69) is 10.3 Å². The Morgan fingerprint density at radius 2 is 2.15 bits per heavy atom. The molecule has 1 aromatic heterocycles. The lowest BCUT2D eigenvalue weighted by molar-refractivity contribution is 0.0129. The minimum atomic E-state index is -1.18. The maximum Gasteiger partial charge on any atom is 0.407 e. The van der Waals surface area contributed by atoms with Crippen LogP contribution in [-0.2, 0) is 4.74 Å². The van der Waals surface area contributed by atoms with E-state index in [9.17, 15) is 15.0 Å². The zero-order valence-corrected chi connectivity index (χ0v) is 12.4. The predicted octanol–water partition coefficient (Wildman–Crippen LogP) is 1.65. The minimum absolute atomic E-state index is 0.143. The predicted molar refractivity (Wildman–Crippen MR) is 74.5 cm³/mol. The van der Waals surface area contributed by atoms with Crippen molar-refractivity contribution in [1.29, 1.82) is 0 Å². The average molecular weight is 303 g/mol. The van der Waals surface area contributed by atoms with Crippen LogP contribution in [0.5, 0.6) is 0 Å². The lowest BCUT2D eigenvalue weighted by Gasteiger charge is -2.22. The molecule has 0 spiro atoms. The Bertz CT molecular complexity index is 462. The van der Waals surface area contributed by atoms with Gasteiger partial charge >= 0.3 is 6.09 Å². The van der Waals surface area contributed by atoms with Crippen LogP contribution in [0.2, 0.25) is 5.15 Å². The Kier molecular flexibility index (Phi) is 5.74. The molecule has 0 bridgehead atoms. The Balaban J connectivity index is 2.50. The number of carbonyl (C=O) groups excluding carboxylic acids is 1. The van der Waals surface area contributed by atoms with Crippen molar-refractivity contribution < 1.29 is 19.7 Å². The number of halogens is 1. The number of nitrogens with zero attached hydrogens (tertiary/aromatic N) is 1. The Morgan fingerprint density at radius 3 is 2.70 bits per heavy atom. The number of amides is 1. The van der Waals surface area contributed by atoms with E-state index < -0.39 is 23.9 Å². The van der Waals surface area contributed by atoms with E-state index in [0.29, 0.717) is 5.56 Å². The van der Waals surface area contributed by atoms with Crippen LogP contribution in [-0.4, -0.2) is 39.5 Å². The molecule has 0 aliphatic rings. The molecule has 3 N–H and O–H groups in total. The molecule has 2 unspecified atom stereocenters. The van der Waals surface area contributed by atoms with Crippen molar-refractivity contribution in [1.82, 2.24) is 10.3 Å². The first-order valence-electron chi connectivity index (χ1n) is 6.13. The largest absolute Gasteiger partial charge is 0.444 e. The number of aromatic nitrogens is 1. The zero-order valence-electron chi connectivity index (χ0n) is 11.6. The van der Waals surface area contributed by atoms with Crippen molar-refractivity contribution in [2.45, 2.75) is 38.6 Å². The van der Waals surface area contributed by atoms with Gasteiger partial charge in [-0.25, -0.2) is 9.78 Å². The van der Waals surface area contributed by atoms with Crippen LogP contribution in [0, 0.1) is 0 Å². The quantitative estimate of drug-likeness (QED) is 0.736. The standard InChI is InChI=1S/C13H19ClN2O4/c1-13(2,3)20-12(19)16-7-9(17)11(18)8-4-5-15-10(14)6-8/h4-6,9,11,17-18H,7H2,1-3H3,(H,16,19). The van der Waals surface area contributed by atoms with Crippen LogP contribution in [0.15, 0.2) is 18.3 Å². The van der Waals surface area contributed by atoms with E-state index in [4.69, 9.17) is 16.3 Å². The van der Waals surface area contributed by atoms with E-state index in [1.54, 1.807) is 20.8 Å². The second-order valence-electron chi connectivity index (χ2n) is 5.31. The number of alkyl carbamates (subject to hydrolysis) is 1. The van der Waals surface area contributed by atoms with Gasteiger partial charge in [-0.2, -0.15) is 0 Å². The average Bonchev–Trinajstić information content (AvgIpc) is 2.33. The normalized spacial score (nSPS) is 14.5. The van der Waals surface area contributed by atoms with Crippen LogP contribution in [0.4, 0.5) is 4.79 Å². The van der Waals surface area contributed by atoms with Crippen LogP contribution in [0.25, 0.3) is 0 Å². The van der Waals surface area contributed by atoms with Gasteiger partial charge in [0.2, 0.25) is 0 Å². The molecule has 7 heteroatoms. The molecule has 112 valence electrons. The Hall–Kier alpha value is -1.37.